The lowest BCUT2D eigenvalue weighted by molar-refractivity contribution is -0.120. The predicted octanol–water partition coefficient (Wildman–Crippen LogP) is 5.20. The van der Waals surface area contributed by atoms with Crippen LogP contribution in [0.5, 0.6) is 0 Å². The maximum Gasteiger partial charge on any atom is 0.410 e. The van der Waals surface area contributed by atoms with Crippen molar-refractivity contribution < 1.29 is 31.9 Å². The van der Waals surface area contributed by atoms with E-state index in [1.807, 2.05) is 0 Å². The molecule has 0 unspecified atom stereocenters. The first-order chi connectivity index (χ1) is 21.5. The monoisotopic (exact) mass is 647 g/mol. The number of carbonyl (C=O) groups excluding carboxylic acids is 2. The third-order valence-electron chi connectivity index (χ3n) is 6.89. The minimum Gasteiger partial charge on any atom is -0.447 e. The molecule has 1 atom stereocenters. The Morgan fingerprint density at radius 1 is 1.18 bits per heavy atom. The van der Waals surface area contributed by atoms with Crippen molar-refractivity contribution in [3.63, 3.8) is 0 Å². The number of hydrogen-bond acceptors (Lipinski definition) is 7. The number of halogens is 5. The zero-order valence-electron chi connectivity index (χ0n) is 23.6. The van der Waals surface area contributed by atoms with Crippen LogP contribution in [-0.4, -0.2) is 84.9 Å². The molecule has 0 saturated carbocycles. The van der Waals surface area contributed by atoms with E-state index in [9.17, 15) is 27.2 Å². The summed E-state index contributed by atoms with van der Waals surface area (Å²) in [6.45, 7) is -2.95. The van der Waals surface area contributed by atoms with E-state index in [0.717, 1.165) is 9.80 Å². The summed E-state index contributed by atoms with van der Waals surface area (Å²) in [4.78, 5) is 32.7. The molecule has 0 aliphatic carbocycles. The summed E-state index contributed by atoms with van der Waals surface area (Å²) < 4.78 is 58.7. The molecule has 5 rings (SSSR count). The van der Waals surface area contributed by atoms with Crippen LogP contribution >= 0.6 is 11.6 Å². The fourth-order valence-corrected chi connectivity index (χ4v) is 4.87. The topological polar surface area (TPSA) is 145 Å². The highest BCUT2D eigenvalue weighted by Crippen LogP contribution is 2.33. The van der Waals surface area contributed by atoms with Crippen molar-refractivity contribution in [3.05, 3.63) is 77.3 Å². The third-order valence-corrected chi connectivity index (χ3v) is 7.22. The van der Waals surface area contributed by atoms with Crippen molar-refractivity contribution in [2.75, 3.05) is 26.2 Å². The molecule has 1 aliphatic heterocycles. The Bertz CT molecular complexity index is 1670. The molecule has 1 fully saturated rings. The molecule has 0 radical (unpaired) electrons. The lowest BCUT2D eigenvalue weighted by Crippen LogP contribution is -2.58. The van der Waals surface area contributed by atoms with Crippen LogP contribution in [0.25, 0.3) is 22.5 Å². The van der Waals surface area contributed by atoms with Gasteiger partial charge in [0.15, 0.2) is 11.8 Å². The van der Waals surface area contributed by atoms with Gasteiger partial charge in [0, 0.05) is 29.4 Å². The van der Waals surface area contributed by atoms with Gasteiger partial charge in [-0.05, 0) is 42.3 Å². The van der Waals surface area contributed by atoms with Gasteiger partial charge in [0.25, 0.3) is 11.8 Å². The van der Waals surface area contributed by atoms with Crippen LogP contribution in [-0.2, 0) is 4.74 Å². The van der Waals surface area contributed by atoms with E-state index in [1.54, 1.807) is 31.2 Å². The number of nitrogens with zero attached hydrogens (tertiary/aromatic N) is 6. The summed E-state index contributed by atoms with van der Waals surface area (Å²) in [6, 6.07) is 9.54. The molecule has 2 amide bonds. The number of benzene rings is 2. The predicted molar refractivity (Wildman–Crippen MR) is 154 cm³/mol. The SMILES string of the molecule is CCNC(=N)N(C(=O)c1ccc(-c2cnn(C(F)F)c2)cc1)[C@H](COC(=O)N1CC(F)(F)C1)c1ccc(Cl)c(-c2ncn[nH]2)c1. The number of aromatic nitrogens is 5. The van der Waals surface area contributed by atoms with Gasteiger partial charge in [0.1, 0.15) is 12.9 Å². The zero-order valence-corrected chi connectivity index (χ0v) is 24.3. The fourth-order valence-electron chi connectivity index (χ4n) is 4.66. The molecule has 1 aliphatic rings. The molecule has 0 spiro atoms. The molecule has 2 aromatic carbocycles. The fraction of sp³-hybridized carbons (Fsp3) is 0.286. The van der Waals surface area contributed by atoms with E-state index in [-0.39, 0.29) is 18.1 Å². The van der Waals surface area contributed by atoms with Gasteiger partial charge in [-0.1, -0.05) is 29.8 Å². The van der Waals surface area contributed by atoms with Crippen LogP contribution in [0.4, 0.5) is 22.4 Å². The molecule has 17 heteroatoms. The van der Waals surface area contributed by atoms with Gasteiger partial charge >= 0.3 is 12.6 Å². The standard InChI is InChI=1S/C28H26ClF4N9O3/c1-2-35-26(34)42(24(43)17-5-3-16(4-6-17)19-10-38-41(11-19)25(30)31)22(12-45-27(44)40-13-28(32,33)14-40)18-7-8-21(29)20(9-18)23-36-15-37-39-23/h3-11,15,22,25H,2,12-14H2,1H3,(H2,34,35)(H,36,37,39)/t22-/m1/s1. The number of ether oxygens (including phenoxy) is 1. The van der Waals surface area contributed by atoms with Crippen LogP contribution in [0.1, 0.15) is 35.4 Å². The molecule has 2 aromatic heterocycles. The Labute approximate surface area is 258 Å². The van der Waals surface area contributed by atoms with E-state index >= 15 is 0 Å². The van der Waals surface area contributed by atoms with E-state index in [0.29, 0.717) is 37.8 Å². The number of rotatable bonds is 9. The summed E-state index contributed by atoms with van der Waals surface area (Å²) >= 11 is 6.42. The second-order valence-electron chi connectivity index (χ2n) is 10.00. The minimum atomic E-state index is -3.01. The lowest BCUT2D eigenvalue weighted by atomic mass is 10.0. The summed E-state index contributed by atoms with van der Waals surface area (Å²) in [5, 5.41) is 22.0. The summed E-state index contributed by atoms with van der Waals surface area (Å²) in [5.74, 6) is -3.72. The molecule has 3 heterocycles. The number of H-pyrrole nitrogens is 1. The second kappa shape index (κ2) is 12.9. The number of likely N-dealkylation sites (tertiary alicyclic amines) is 1. The molecular weight excluding hydrogens is 622 g/mol. The molecular formula is C28H26ClF4N9O3. The Hall–Kier alpha value is -4.99. The number of alkyl halides is 4. The van der Waals surface area contributed by atoms with Gasteiger partial charge in [-0.3, -0.25) is 25.1 Å². The number of carbonyl (C=O) groups is 2. The van der Waals surface area contributed by atoms with Crippen LogP contribution in [0.2, 0.25) is 5.02 Å². The van der Waals surface area contributed by atoms with Gasteiger partial charge < -0.3 is 10.1 Å². The highest BCUT2D eigenvalue weighted by atomic mass is 35.5. The van der Waals surface area contributed by atoms with Crippen LogP contribution in [0.3, 0.4) is 0 Å². The first-order valence-corrected chi connectivity index (χ1v) is 13.9. The first kappa shape index (κ1) is 31.4. The molecule has 236 valence electrons. The van der Waals surface area contributed by atoms with Crippen molar-refractivity contribution >= 4 is 29.6 Å². The van der Waals surface area contributed by atoms with Gasteiger partial charge in [-0.25, -0.2) is 23.2 Å². The Kier molecular flexibility index (Phi) is 9.04. The number of amides is 2. The Morgan fingerprint density at radius 2 is 1.91 bits per heavy atom. The Morgan fingerprint density at radius 3 is 2.51 bits per heavy atom. The van der Waals surface area contributed by atoms with Gasteiger partial charge in [-0.15, -0.1) is 0 Å². The summed E-state index contributed by atoms with van der Waals surface area (Å²) in [7, 11) is 0. The van der Waals surface area contributed by atoms with Crippen LogP contribution in [0, 0.1) is 5.41 Å². The van der Waals surface area contributed by atoms with E-state index in [2.05, 4.69) is 25.6 Å². The van der Waals surface area contributed by atoms with Crippen molar-refractivity contribution in [2.24, 2.45) is 0 Å². The third kappa shape index (κ3) is 6.90. The molecule has 0 bridgehead atoms. The van der Waals surface area contributed by atoms with Crippen molar-refractivity contribution in [1.29, 1.82) is 5.41 Å². The van der Waals surface area contributed by atoms with E-state index in [4.69, 9.17) is 21.7 Å². The van der Waals surface area contributed by atoms with Crippen molar-refractivity contribution in [3.8, 4) is 22.5 Å². The summed E-state index contributed by atoms with van der Waals surface area (Å²) in [5.41, 5.74) is 1.80. The van der Waals surface area contributed by atoms with Gasteiger partial charge in [0.2, 0.25) is 0 Å². The number of hydrogen-bond donors (Lipinski definition) is 3. The molecule has 3 N–H and O–H groups in total. The van der Waals surface area contributed by atoms with Crippen LogP contribution < -0.4 is 5.32 Å². The largest absolute Gasteiger partial charge is 0.447 e. The van der Waals surface area contributed by atoms with Crippen molar-refractivity contribution in [1.82, 2.24) is 40.1 Å². The minimum absolute atomic E-state index is 0.116. The van der Waals surface area contributed by atoms with E-state index < -0.39 is 50.2 Å². The highest BCUT2D eigenvalue weighted by molar-refractivity contribution is 6.33. The van der Waals surface area contributed by atoms with Gasteiger partial charge in [-0.2, -0.15) is 19.0 Å². The number of guanidine groups is 1. The summed E-state index contributed by atoms with van der Waals surface area (Å²) in [6.07, 6.45) is 2.70. The smallest absolute Gasteiger partial charge is 0.410 e. The van der Waals surface area contributed by atoms with Gasteiger partial charge in [0.05, 0.1) is 30.4 Å². The molecule has 12 nitrogen and oxygen atoms in total. The molecule has 4 aromatic rings. The molecule has 1 saturated heterocycles. The first-order valence-electron chi connectivity index (χ1n) is 13.5. The average molecular weight is 648 g/mol. The second-order valence-corrected chi connectivity index (χ2v) is 10.4. The highest BCUT2D eigenvalue weighted by Gasteiger charge is 2.47. The van der Waals surface area contributed by atoms with Crippen LogP contribution in [0.15, 0.2) is 61.2 Å². The zero-order chi connectivity index (χ0) is 32.3. The normalized spacial score (nSPS) is 14.5. The molecule has 45 heavy (non-hydrogen) atoms. The quantitative estimate of drug-likeness (QED) is 0.129. The number of aromatic amines is 1. The number of nitrogens with one attached hydrogen (secondary N) is 3. The Balaban J connectivity index is 1.50. The lowest BCUT2D eigenvalue weighted by Gasteiger charge is -2.38. The maximum absolute atomic E-state index is 14.1. The van der Waals surface area contributed by atoms with E-state index in [1.165, 1.54) is 36.9 Å². The van der Waals surface area contributed by atoms with Crippen molar-refractivity contribution in [2.45, 2.75) is 25.4 Å². The average Bonchev–Trinajstić information content (AvgIpc) is 3.72. The maximum atomic E-state index is 14.1.